The van der Waals surface area contributed by atoms with E-state index >= 15 is 0 Å². The molecule has 0 bridgehead atoms. The zero-order valence-electron chi connectivity index (χ0n) is 19.5. The number of rotatable bonds is 4. The molecule has 0 radical (unpaired) electrons. The third-order valence-corrected chi connectivity index (χ3v) is 7.40. The number of hydrogen-bond acceptors (Lipinski definition) is 8. The van der Waals surface area contributed by atoms with Gasteiger partial charge < -0.3 is 19.5 Å². The number of ketones is 2. The lowest BCUT2D eigenvalue weighted by Gasteiger charge is -2.41. The van der Waals surface area contributed by atoms with Crippen molar-refractivity contribution in [3.63, 3.8) is 0 Å². The molecule has 3 aliphatic rings. The molecule has 2 aromatic carbocycles. The summed E-state index contributed by atoms with van der Waals surface area (Å²) in [6.07, 6.45) is 0.0459. The number of allylic oxidation sites excluding steroid dienone is 1. The van der Waals surface area contributed by atoms with Crippen LogP contribution in [-0.4, -0.2) is 42.2 Å². The predicted molar refractivity (Wildman–Crippen MR) is 127 cm³/mol. The minimum Gasteiger partial charge on any atom is -0.496 e. The lowest BCUT2D eigenvalue weighted by atomic mass is 9.66. The Labute approximate surface area is 210 Å². The maximum Gasteiger partial charge on any atom is 0.269 e. The topological polar surface area (TPSA) is 134 Å². The average Bonchev–Trinajstić information content (AvgIpc) is 3.17. The molecule has 5 rings (SSSR count). The van der Waals surface area contributed by atoms with E-state index in [0.29, 0.717) is 11.3 Å². The standard InChI is InChI=1S/C25H21ClN2O8/c1-11-7-15-19(14(9-18(29)27-15)12-5-4-6-13(8-12)28(32)33)23(30)25(11)24(31)20-16(34-2)10-17(35-3)21(26)22(20)36-25/h4-6,8,10-11,14H,7,9H2,1-3H3,(H,27,29)/t11-,14?,25+/m1/s1. The number of hydrogen-bond donors (Lipinski definition) is 1. The van der Waals surface area contributed by atoms with Gasteiger partial charge in [0.15, 0.2) is 5.75 Å². The van der Waals surface area contributed by atoms with Gasteiger partial charge in [0.1, 0.15) is 22.1 Å². The Morgan fingerprint density at radius 2 is 1.83 bits per heavy atom. The first-order valence-electron chi connectivity index (χ1n) is 11.1. The van der Waals surface area contributed by atoms with Crippen molar-refractivity contribution >= 4 is 34.8 Å². The third-order valence-electron chi connectivity index (χ3n) is 7.04. The summed E-state index contributed by atoms with van der Waals surface area (Å²) in [7, 11) is 2.78. The molecule has 1 aliphatic carbocycles. The number of nitro benzene ring substituents is 1. The van der Waals surface area contributed by atoms with Gasteiger partial charge in [-0.1, -0.05) is 30.7 Å². The molecule has 1 N–H and O–H groups in total. The summed E-state index contributed by atoms with van der Waals surface area (Å²) in [6, 6.07) is 7.24. The summed E-state index contributed by atoms with van der Waals surface area (Å²) in [4.78, 5) is 51.5. The van der Waals surface area contributed by atoms with E-state index < -0.39 is 33.9 Å². The number of amides is 1. The van der Waals surface area contributed by atoms with E-state index in [4.69, 9.17) is 25.8 Å². The van der Waals surface area contributed by atoms with Crippen molar-refractivity contribution < 1.29 is 33.5 Å². The SMILES string of the molecule is COc1cc(OC)c2c(c1Cl)O[C@@]1(C(=O)C3=C(C[C@H]1C)NC(=O)CC3c1cccc([N+](=O)[O-])c1)C2=O. The number of nitrogens with zero attached hydrogens (tertiary/aromatic N) is 1. The maximum atomic E-state index is 14.2. The van der Waals surface area contributed by atoms with Crippen LogP contribution in [0.4, 0.5) is 5.69 Å². The second-order valence-electron chi connectivity index (χ2n) is 8.95. The fraction of sp³-hybridized carbons (Fsp3) is 0.320. The largest absolute Gasteiger partial charge is 0.496 e. The van der Waals surface area contributed by atoms with Crippen molar-refractivity contribution in [1.82, 2.24) is 5.32 Å². The van der Waals surface area contributed by atoms with Crippen LogP contribution in [0.3, 0.4) is 0 Å². The van der Waals surface area contributed by atoms with Gasteiger partial charge in [0, 0.05) is 47.7 Å². The van der Waals surface area contributed by atoms with Crippen LogP contribution < -0.4 is 19.5 Å². The Bertz CT molecular complexity index is 1400. The second kappa shape index (κ2) is 8.34. The number of halogens is 1. The first-order chi connectivity index (χ1) is 17.1. The van der Waals surface area contributed by atoms with Crippen molar-refractivity contribution in [2.24, 2.45) is 5.92 Å². The molecular weight excluding hydrogens is 492 g/mol. The summed E-state index contributed by atoms with van der Waals surface area (Å²) in [5.74, 6) is -2.64. The fourth-order valence-electron chi connectivity index (χ4n) is 5.33. The molecule has 10 nitrogen and oxygen atoms in total. The van der Waals surface area contributed by atoms with Gasteiger partial charge in [-0.3, -0.25) is 24.5 Å². The summed E-state index contributed by atoms with van der Waals surface area (Å²) in [6.45, 7) is 1.69. The molecule has 2 heterocycles. The first-order valence-corrected chi connectivity index (χ1v) is 11.5. The minimum atomic E-state index is -1.94. The lowest BCUT2D eigenvalue weighted by Crippen LogP contribution is -2.59. The first kappa shape index (κ1) is 23.8. The minimum absolute atomic E-state index is 0.00568. The van der Waals surface area contributed by atoms with Gasteiger partial charge in [-0.05, 0) is 12.0 Å². The molecule has 0 fully saturated rings. The van der Waals surface area contributed by atoms with E-state index in [1.807, 2.05) is 0 Å². The number of nitro groups is 1. The molecule has 1 spiro atoms. The molecule has 186 valence electrons. The molecule has 1 unspecified atom stereocenters. The second-order valence-corrected chi connectivity index (χ2v) is 9.33. The van der Waals surface area contributed by atoms with Gasteiger partial charge in [0.25, 0.3) is 5.69 Å². The van der Waals surface area contributed by atoms with Gasteiger partial charge in [-0.15, -0.1) is 0 Å². The summed E-state index contributed by atoms with van der Waals surface area (Å²) in [5, 5.41) is 14.1. The van der Waals surface area contributed by atoms with Crippen LogP contribution in [0.15, 0.2) is 41.6 Å². The molecule has 0 saturated heterocycles. The number of Topliss-reactive ketones (excluding diaryl/α,β-unsaturated/α-hetero) is 2. The maximum absolute atomic E-state index is 14.2. The molecule has 2 aromatic rings. The highest BCUT2D eigenvalue weighted by molar-refractivity contribution is 6.36. The molecule has 36 heavy (non-hydrogen) atoms. The molecular formula is C25H21ClN2O8. The van der Waals surface area contributed by atoms with Crippen molar-refractivity contribution in [1.29, 1.82) is 0 Å². The molecule has 0 aromatic heterocycles. The number of nitrogens with one attached hydrogen (secondary N) is 1. The van der Waals surface area contributed by atoms with E-state index in [1.165, 1.54) is 38.5 Å². The number of non-ortho nitro benzene ring substituents is 1. The summed E-state index contributed by atoms with van der Waals surface area (Å²) < 4.78 is 16.8. The zero-order chi connectivity index (χ0) is 25.9. The number of ether oxygens (including phenoxy) is 3. The van der Waals surface area contributed by atoms with Gasteiger partial charge in [0.05, 0.1) is 19.1 Å². The van der Waals surface area contributed by atoms with E-state index in [2.05, 4.69) is 5.32 Å². The number of carbonyl (C=O) groups excluding carboxylic acids is 3. The predicted octanol–water partition coefficient (Wildman–Crippen LogP) is 3.75. The third kappa shape index (κ3) is 3.21. The fourth-order valence-corrected chi connectivity index (χ4v) is 5.59. The Kier molecular flexibility index (Phi) is 5.51. The summed E-state index contributed by atoms with van der Waals surface area (Å²) >= 11 is 6.47. The molecule has 3 atom stereocenters. The van der Waals surface area contributed by atoms with Crippen molar-refractivity contribution in [3.8, 4) is 17.2 Å². The Morgan fingerprint density at radius 3 is 2.50 bits per heavy atom. The Balaban J connectivity index is 1.67. The monoisotopic (exact) mass is 512 g/mol. The van der Waals surface area contributed by atoms with Crippen LogP contribution in [0.1, 0.15) is 41.6 Å². The van der Waals surface area contributed by atoms with E-state index in [9.17, 15) is 24.5 Å². The van der Waals surface area contributed by atoms with Crippen LogP contribution >= 0.6 is 11.6 Å². The van der Waals surface area contributed by atoms with Crippen molar-refractivity contribution in [3.05, 3.63) is 67.9 Å². The van der Waals surface area contributed by atoms with Crippen LogP contribution in [0, 0.1) is 16.0 Å². The average molecular weight is 513 g/mol. The lowest BCUT2D eigenvalue weighted by molar-refractivity contribution is -0.384. The zero-order valence-corrected chi connectivity index (χ0v) is 20.3. The highest BCUT2D eigenvalue weighted by Crippen LogP contribution is 2.55. The number of fused-ring (bicyclic) bond motifs is 1. The van der Waals surface area contributed by atoms with Gasteiger partial charge in [-0.2, -0.15) is 0 Å². The number of benzene rings is 2. The normalized spacial score (nSPS) is 24.7. The van der Waals surface area contributed by atoms with Crippen LogP contribution in [0.25, 0.3) is 0 Å². The molecule has 11 heteroatoms. The Hall–Kier alpha value is -3.92. The number of carbonyl (C=O) groups is 3. The molecule has 0 saturated carbocycles. The van der Waals surface area contributed by atoms with Crippen LogP contribution in [0.5, 0.6) is 17.2 Å². The van der Waals surface area contributed by atoms with Crippen LogP contribution in [0.2, 0.25) is 5.02 Å². The highest BCUT2D eigenvalue weighted by atomic mass is 35.5. The summed E-state index contributed by atoms with van der Waals surface area (Å²) in [5.41, 5.74) is -1.07. The molecule has 1 amide bonds. The van der Waals surface area contributed by atoms with Crippen LogP contribution in [-0.2, 0) is 9.59 Å². The molecule has 2 aliphatic heterocycles. The van der Waals surface area contributed by atoms with Crippen molar-refractivity contribution in [2.45, 2.75) is 31.3 Å². The number of methoxy groups -OCH3 is 2. The van der Waals surface area contributed by atoms with E-state index in [0.717, 1.165) is 0 Å². The Morgan fingerprint density at radius 1 is 1.11 bits per heavy atom. The highest BCUT2D eigenvalue weighted by Gasteiger charge is 2.63. The van der Waals surface area contributed by atoms with Crippen molar-refractivity contribution in [2.75, 3.05) is 14.2 Å². The van der Waals surface area contributed by atoms with Gasteiger partial charge >= 0.3 is 0 Å². The van der Waals surface area contributed by atoms with E-state index in [-0.39, 0.29) is 57.8 Å². The quantitative estimate of drug-likeness (QED) is 0.372. The van der Waals surface area contributed by atoms with Gasteiger partial charge in [-0.25, -0.2) is 0 Å². The van der Waals surface area contributed by atoms with Gasteiger partial charge in [0.2, 0.25) is 23.1 Å². The van der Waals surface area contributed by atoms with E-state index in [1.54, 1.807) is 13.0 Å². The smallest absolute Gasteiger partial charge is 0.269 e.